The number of aliphatic hydroxyl groups excluding tert-OH is 4. The van der Waals surface area contributed by atoms with E-state index in [4.69, 9.17) is 18.9 Å². The van der Waals surface area contributed by atoms with Crippen LogP contribution in [0.15, 0.2) is 74.1 Å². The van der Waals surface area contributed by atoms with Crippen LogP contribution in [0.1, 0.15) is 42.6 Å². The van der Waals surface area contributed by atoms with Crippen LogP contribution < -0.4 is 25.7 Å². The number of phenols is 1. The minimum atomic E-state index is -2.27. The minimum absolute atomic E-state index is 0.0216. The third-order valence-electron chi connectivity index (χ3n) is 11.5. The maximum Gasteiger partial charge on any atom is 0.222 e. The number of quaternary nitrogens is 1. The molecular weight excluding hydrogens is 740 g/mol. The zero-order valence-electron chi connectivity index (χ0n) is 31.9. The zero-order valence-corrected chi connectivity index (χ0v) is 31.9. The molecule has 0 bridgehead atoms. The summed E-state index contributed by atoms with van der Waals surface area (Å²) in [6.07, 6.45) is 0.741. The Morgan fingerprint density at radius 3 is 2.63 bits per heavy atom. The quantitative estimate of drug-likeness (QED) is 0.0635. The fourth-order valence-corrected chi connectivity index (χ4v) is 8.28. The van der Waals surface area contributed by atoms with Gasteiger partial charge in [-0.15, -0.1) is 0 Å². The molecule has 2 aromatic carbocycles. The van der Waals surface area contributed by atoms with Crippen LogP contribution in [-0.4, -0.2) is 118 Å². The van der Waals surface area contributed by atoms with Gasteiger partial charge in [-0.25, -0.2) is 9.78 Å². The Labute approximate surface area is 328 Å². The molecule has 8 unspecified atom stereocenters. The molecule has 306 valence electrons. The standard InChI is InChI=1S/C41H50N4O12/c1-23-13-31(48)29-15-27-16-33(57-54-22-40(53,39(52)36(51)32(49)21-46)17-24-3-5-28(47)6-4-24)41(10-12-42-2,9-7-25-14-34(50)44-18-25)56-37(27)35(38(29)55-23)45-19-26-8-11-43-30(26)20-45/h3-6,8,11,13,15,20,25,32-33,36,39,42,46-47,49,51-53H,7,9-10,12,14,16-19,21-22H2,1-2H3,(H,44,50)/p+1. The van der Waals surface area contributed by atoms with E-state index in [2.05, 4.69) is 15.6 Å². The highest BCUT2D eigenvalue weighted by atomic mass is 17.2. The lowest BCUT2D eigenvalue weighted by molar-refractivity contribution is -0.763. The van der Waals surface area contributed by atoms with Crippen LogP contribution in [0.2, 0.25) is 0 Å². The number of aromatic hydroxyl groups is 1. The first-order chi connectivity index (χ1) is 27.3. The first kappa shape index (κ1) is 40.7. The van der Waals surface area contributed by atoms with Gasteiger partial charge in [0.15, 0.2) is 11.2 Å². The molecule has 0 saturated carbocycles. The van der Waals surface area contributed by atoms with Gasteiger partial charge in [0.2, 0.25) is 17.2 Å². The molecule has 57 heavy (non-hydrogen) atoms. The Morgan fingerprint density at radius 1 is 1.14 bits per heavy atom. The van der Waals surface area contributed by atoms with Gasteiger partial charge in [0.05, 0.1) is 12.0 Å². The molecule has 9 N–H and O–H groups in total. The predicted molar refractivity (Wildman–Crippen MR) is 206 cm³/mol. The summed E-state index contributed by atoms with van der Waals surface area (Å²) < 4.78 is 13.5. The Hall–Kier alpha value is -4.49. The second-order valence-corrected chi connectivity index (χ2v) is 15.7. The molecule has 1 amide bonds. The fraction of sp³-hybridized carbons (Fsp3) is 0.488. The van der Waals surface area contributed by atoms with E-state index >= 15 is 0 Å². The average molecular weight is 792 g/mol. The molecule has 4 aliphatic heterocycles. The summed E-state index contributed by atoms with van der Waals surface area (Å²) in [4.78, 5) is 43.3. The van der Waals surface area contributed by atoms with Crippen LogP contribution in [0.4, 0.5) is 5.69 Å². The number of nitrogens with zero attached hydrogens (tertiary/aromatic N) is 1. The summed E-state index contributed by atoms with van der Waals surface area (Å²) in [6, 6.07) is 9.03. The van der Waals surface area contributed by atoms with Gasteiger partial charge in [-0.05, 0) is 69.1 Å². The SMILES string of the molecule is CNCCC1(CCC2CNC(=O)C2)Oc2c(cc3c(=O)cc(C)oc3c2[NH+]2C=C3N=CC=C3C2)CC1OOCC(O)(Cc1ccc(O)cc1)C(O)C(O)C(O)CO. The number of aliphatic hydroxyl groups is 5. The number of rotatable bonds is 17. The van der Waals surface area contributed by atoms with Gasteiger partial charge in [0, 0.05) is 55.6 Å². The lowest BCUT2D eigenvalue weighted by atomic mass is 9.79. The molecular formula is C41H51N4O12+. The topological polar surface area (TPSA) is 237 Å². The smallest absolute Gasteiger partial charge is 0.222 e. The summed E-state index contributed by atoms with van der Waals surface area (Å²) in [5.41, 5.74) is 0.425. The summed E-state index contributed by atoms with van der Waals surface area (Å²) in [5, 5.41) is 69.8. The molecule has 16 heteroatoms. The Balaban J connectivity index is 1.27. The molecule has 3 aromatic rings. The number of amides is 1. The van der Waals surface area contributed by atoms with Gasteiger partial charge in [0.1, 0.15) is 72.2 Å². The van der Waals surface area contributed by atoms with Crippen molar-refractivity contribution in [3.8, 4) is 11.5 Å². The molecule has 7 rings (SSSR count). The third-order valence-corrected chi connectivity index (χ3v) is 11.5. The second-order valence-electron chi connectivity index (χ2n) is 15.7. The number of hydrogen-bond acceptors (Lipinski definition) is 14. The number of fused-ring (bicyclic) bond motifs is 3. The molecule has 1 saturated heterocycles. The van der Waals surface area contributed by atoms with E-state index in [1.807, 2.05) is 19.3 Å². The van der Waals surface area contributed by atoms with E-state index in [0.29, 0.717) is 84.6 Å². The van der Waals surface area contributed by atoms with Gasteiger partial charge in [-0.3, -0.25) is 19.5 Å². The van der Waals surface area contributed by atoms with Crippen molar-refractivity contribution < 1.29 is 59.3 Å². The third kappa shape index (κ3) is 8.41. The Bertz CT molecular complexity index is 2120. The molecule has 16 nitrogen and oxygen atoms in total. The number of phenolic OH excluding ortho intramolecular Hbond substituents is 1. The van der Waals surface area contributed by atoms with Crippen molar-refractivity contribution in [3.63, 3.8) is 0 Å². The maximum absolute atomic E-state index is 13.5. The van der Waals surface area contributed by atoms with Crippen LogP contribution in [0.5, 0.6) is 11.5 Å². The highest BCUT2D eigenvalue weighted by Gasteiger charge is 2.50. The summed E-state index contributed by atoms with van der Waals surface area (Å²) in [6.45, 7) is 1.70. The van der Waals surface area contributed by atoms with Crippen molar-refractivity contribution in [1.82, 2.24) is 10.6 Å². The fourth-order valence-electron chi connectivity index (χ4n) is 8.28. The van der Waals surface area contributed by atoms with Gasteiger partial charge < -0.3 is 50.4 Å². The highest BCUT2D eigenvalue weighted by molar-refractivity contribution is 5.90. The van der Waals surface area contributed by atoms with E-state index < -0.39 is 48.8 Å². The van der Waals surface area contributed by atoms with Crippen molar-refractivity contribution in [2.45, 2.75) is 81.1 Å². The molecule has 0 spiro atoms. The molecule has 1 aromatic heterocycles. The van der Waals surface area contributed by atoms with E-state index in [1.54, 1.807) is 19.2 Å². The Morgan fingerprint density at radius 2 is 1.93 bits per heavy atom. The van der Waals surface area contributed by atoms with Crippen LogP contribution in [0.25, 0.3) is 11.0 Å². The lowest BCUT2D eigenvalue weighted by Crippen LogP contribution is -3.01. The van der Waals surface area contributed by atoms with Crippen molar-refractivity contribution >= 4 is 28.8 Å². The summed E-state index contributed by atoms with van der Waals surface area (Å²) in [7, 11) is 1.82. The van der Waals surface area contributed by atoms with Gasteiger partial charge in [-0.1, -0.05) is 12.1 Å². The van der Waals surface area contributed by atoms with Crippen molar-refractivity contribution in [1.29, 1.82) is 0 Å². The molecule has 8 atom stereocenters. The van der Waals surface area contributed by atoms with E-state index in [9.17, 15) is 40.2 Å². The molecule has 4 aliphatic rings. The van der Waals surface area contributed by atoms with E-state index in [-0.39, 0.29) is 35.8 Å². The Kier molecular flexibility index (Phi) is 12.0. The van der Waals surface area contributed by atoms with E-state index in [1.165, 1.54) is 30.3 Å². The number of nitrogens with one attached hydrogen (secondary N) is 3. The second kappa shape index (κ2) is 16.8. The lowest BCUT2D eigenvalue weighted by Gasteiger charge is -2.45. The first-order valence-corrected chi connectivity index (χ1v) is 19.3. The van der Waals surface area contributed by atoms with E-state index in [0.717, 1.165) is 16.2 Å². The molecule has 5 heterocycles. The monoisotopic (exact) mass is 791 g/mol. The van der Waals surface area contributed by atoms with Crippen LogP contribution in [0.3, 0.4) is 0 Å². The number of aliphatic imine (C=N–C) groups is 1. The minimum Gasteiger partial charge on any atom is -0.508 e. The first-order valence-electron chi connectivity index (χ1n) is 19.3. The summed E-state index contributed by atoms with van der Waals surface area (Å²) >= 11 is 0. The van der Waals surface area contributed by atoms with Gasteiger partial charge >= 0.3 is 0 Å². The average Bonchev–Trinajstić information content (AvgIpc) is 3.93. The molecule has 0 aliphatic carbocycles. The van der Waals surface area contributed by atoms with Crippen molar-refractivity contribution in [2.75, 3.05) is 39.9 Å². The van der Waals surface area contributed by atoms with Crippen molar-refractivity contribution in [2.24, 2.45) is 10.9 Å². The number of benzene rings is 2. The van der Waals surface area contributed by atoms with Crippen LogP contribution >= 0.6 is 0 Å². The maximum atomic E-state index is 13.5. The molecule has 1 fully saturated rings. The van der Waals surface area contributed by atoms with Gasteiger partial charge in [-0.2, -0.15) is 0 Å². The number of carbonyl (C=O) groups excluding carboxylic acids is 1. The molecule has 0 radical (unpaired) electrons. The number of allylic oxidation sites excluding steroid dienone is 1. The van der Waals surface area contributed by atoms with Crippen LogP contribution in [-0.2, 0) is 27.4 Å². The summed E-state index contributed by atoms with van der Waals surface area (Å²) in [5.74, 6) is 0.968. The predicted octanol–water partition coefficient (Wildman–Crippen LogP) is -0.246. The normalized spacial score (nSPS) is 25.2. The largest absolute Gasteiger partial charge is 0.508 e. The number of hydrogen-bond donors (Lipinski definition) is 9. The van der Waals surface area contributed by atoms with Crippen molar-refractivity contribution in [3.05, 3.63) is 87.1 Å². The zero-order chi connectivity index (χ0) is 40.5. The van der Waals surface area contributed by atoms with Gasteiger partial charge in [0.25, 0.3) is 0 Å². The number of carbonyl (C=O) groups is 1. The number of aryl methyl sites for hydroxylation is 1. The van der Waals surface area contributed by atoms with Crippen LogP contribution in [0, 0.1) is 12.8 Å². The number of ether oxygens (including phenoxy) is 1. The highest BCUT2D eigenvalue weighted by Crippen LogP contribution is 2.46.